The number of amides is 1. The van der Waals surface area contributed by atoms with Gasteiger partial charge in [-0.1, -0.05) is 12.1 Å². The van der Waals surface area contributed by atoms with Gasteiger partial charge in [0.1, 0.15) is 11.9 Å². The summed E-state index contributed by atoms with van der Waals surface area (Å²) < 4.78 is 5.26. The predicted octanol–water partition coefficient (Wildman–Crippen LogP) is 3.04. The number of aryl methyl sites for hydroxylation is 2. The Hall–Kier alpha value is -3.04. The van der Waals surface area contributed by atoms with E-state index in [4.69, 9.17) is 9.72 Å². The number of carboxylic acid groups (broad SMARTS) is 1. The Balaban J connectivity index is 1.50. The maximum Gasteiger partial charge on any atom is 0.326 e. The van der Waals surface area contributed by atoms with Crippen LogP contribution in [-0.4, -0.2) is 77.8 Å². The van der Waals surface area contributed by atoms with Gasteiger partial charge >= 0.3 is 5.97 Å². The summed E-state index contributed by atoms with van der Waals surface area (Å²) in [7, 11) is 1.66. The lowest BCUT2D eigenvalue weighted by Gasteiger charge is -2.28. The van der Waals surface area contributed by atoms with E-state index < -0.39 is 17.4 Å². The summed E-state index contributed by atoms with van der Waals surface area (Å²) in [5.41, 5.74) is 2.24. The molecule has 202 valence electrons. The monoisotopic (exact) mass is 511 g/mol. The number of rotatable bonds is 15. The molecule has 1 amide bonds. The number of fused-ring (bicyclic) bond motifs is 1. The molecular weight excluding hydrogens is 470 g/mol. The van der Waals surface area contributed by atoms with Crippen molar-refractivity contribution in [2.24, 2.45) is 0 Å². The Morgan fingerprint density at radius 3 is 2.78 bits per heavy atom. The van der Waals surface area contributed by atoms with Crippen molar-refractivity contribution < 1.29 is 19.4 Å². The fraction of sp³-hybridized carbons (Fsp3) is 0.571. The molecule has 0 aromatic carbocycles. The second kappa shape index (κ2) is 14.0. The van der Waals surface area contributed by atoms with Gasteiger partial charge in [-0.3, -0.25) is 9.78 Å². The molecule has 2 aromatic heterocycles. The van der Waals surface area contributed by atoms with E-state index in [0.717, 1.165) is 62.3 Å². The number of aliphatic carboxylic acids is 1. The Labute approximate surface area is 220 Å². The highest BCUT2D eigenvalue weighted by Gasteiger charge is 2.33. The number of unbranched alkanes of at least 4 members (excludes halogenated alkanes) is 1. The fourth-order valence-electron chi connectivity index (χ4n) is 4.48. The molecule has 1 aliphatic heterocycles. The fourth-order valence-corrected chi connectivity index (χ4v) is 4.48. The third-order valence-corrected chi connectivity index (χ3v) is 7.01. The zero-order chi connectivity index (χ0) is 26.7. The molecule has 0 radical (unpaired) electrons. The molecule has 0 saturated heterocycles. The molecule has 37 heavy (non-hydrogen) atoms. The van der Waals surface area contributed by atoms with E-state index in [0.29, 0.717) is 26.1 Å². The Kier molecular flexibility index (Phi) is 10.8. The molecule has 9 nitrogen and oxygen atoms in total. The van der Waals surface area contributed by atoms with Gasteiger partial charge in [-0.25, -0.2) is 9.78 Å². The molecule has 1 unspecified atom stereocenters. The Morgan fingerprint density at radius 2 is 2.05 bits per heavy atom. The average Bonchev–Trinajstić information content (AvgIpc) is 2.91. The van der Waals surface area contributed by atoms with E-state index in [2.05, 4.69) is 32.7 Å². The van der Waals surface area contributed by atoms with Gasteiger partial charge in [0.05, 0.1) is 12.0 Å². The summed E-state index contributed by atoms with van der Waals surface area (Å²) in [6, 6.07) is 6.93. The van der Waals surface area contributed by atoms with Crippen LogP contribution in [0.2, 0.25) is 0 Å². The van der Waals surface area contributed by atoms with Crippen LogP contribution in [0.3, 0.4) is 0 Å². The molecule has 1 aliphatic rings. The number of nitrogens with one attached hydrogen (secondary N) is 2. The molecule has 2 aromatic rings. The quantitative estimate of drug-likeness (QED) is 0.313. The minimum atomic E-state index is -1.03. The van der Waals surface area contributed by atoms with Crippen LogP contribution in [0.5, 0.6) is 0 Å². The van der Waals surface area contributed by atoms with Gasteiger partial charge in [0.2, 0.25) is 5.91 Å². The van der Waals surface area contributed by atoms with Crippen LogP contribution in [0, 0.1) is 0 Å². The maximum absolute atomic E-state index is 13.0. The van der Waals surface area contributed by atoms with E-state index in [9.17, 15) is 14.7 Å². The summed E-state index contributed by atoms with van der Waals surface area (Å²) in [6.07, 6.45) is 8.70. The van der Waals surface area contributed by atoms with Crippen molar-refractivity contribution in [3.63, 3.8) is 0 Å². The molecule has 0 fully saturated rings. The normalized spacial score (nSPS) is 14.1. The SMILES string of the molecule is COCCN(CCCCc1ccc2c(n1)NCCC2)CCC(NC(=O)C(C)(C)c1cccnc1)C(=O)O. The van der Waals surface area contributed by atoms with Crippen LogP contribution in [0.15, 0.2) is 36.7 Å². The van der Waals surface area contributed by atoms with E-state index in [-0.39, 0.29) is 5.91 Å². The number of carbonyl (C=O) groups is 2. The number of pyridine rings is 2. The molecule has 9 heteroatoms. The first kappa shape index (κ1) is 28.5. The number of ether oxygens (including phenoxy) is 1. The summed E-state index contributed by atoms with van der Waals surface area (Å²) in [4.78, 5) is 36.0. The van der Waals surface area contributed by atoms with Crippen LogP contribution < -0.4 is 10.6 Å². The number of methoxy groups -OCH3 is 1. The summed E-state index contributed by atoms with van der Waals surface area (Å²) in [6.45, 7) is 7.18. The van der Waals surface area contributed by atoms with Gasteiger partial charge in [0.15, 0.2) is 0 Å². The number of carboxylic acids is 1. The zero-order valence-corrected chi connectivity index (χ0v) is 22.3. The molecule has 0 saturated carbocycles. The first-order chi connectivity index (χ1) is 17.8. The van der Waals surface area contributed by atoms with Crippen molar-refractivity contribution in [3.8, 4) is 0 Å². The van der Waals surface area contributed by atoms with Crippen LogP contribution in [0.4, 0.5) is 5.82 Å². The molecular formula is C28H41N5O4. The van der Waals surface area contributed by atoms with Crippen LogP contribution in [0.1, 0.15) is 56.4 Å². The highest BCUT2D eigenvalue weighted by Crippen LogP contribution is 2.23. The van der Waals surface area contributed by atoms with Crippen molar-refractivity contribution in [1.29, 1.82) is 0 Å². The zero-order valence-electron chi connectivity index (χ0n) is 22.3. The number of hydrogen-bond acceptors (Lipinski definition) is 7. The van der Waals surface area contributed by atoms with Gasteiger partial charge < -0.3 is 25.4 Å². The van der Waals surface area contributed by atoms with E-state index in [1.54, 1.807) is 39.4 Å². The molecule has 0 aliphatic carbocycles. The number of anilines is 1. The van der Waals surface area contributed by atoms with Crippen LogP contribution in [0.25, 0.3) is 0 Å². The van der Waals surface area contributed by atoms with Gasteiger partial charge in [-0.05, 0) is 82.2 Å². The Bertz CT molecular complexity index is 1010. The second-order valence-corrected chi connectivity index (χ2v) is 10.2. The van der Waals surface area contributed by atoms with E-state index in [1.807, 2.05) is 6.07 Å². The van der Waals surface area contributed by atoms with Crippen molar-refractivity contribution in [2.75, 3.05) is 45.2 Å². The van der Waals surface area contributed by atoms with Gasteiger partial charge in [-0.15, -0.1) is 0 Å². The van der Waals surface area contributed by atoms with Crippen molar-refractivity contribution >= 4 is 17.7 Å². The molecule has 1 atom stereocenters. The van der Waals surface area contributed by atoms with Gasteiger partial charge in [0.25, 0.3) is 0 Å². The molecule has 0 spiro atoms. The highest BCUT2D eigenvalue weighted by molar-refractivity contribution is 5.90. The molecule has 0 bridgehead atoms. The largest absolute Gasteiger partial charge is 0.480 e. The maximum atomic E-state index is 13.0. The molecule has 3 rings (SSSR count). The van der Waals surface area contributed by atoms with Crippen molar-refractivity contribution in [2.45, 2.75) is 63.8 Å². The second-order valence-electron chi connectivity index (χ2n) is 10.2. The predicted molar refractivity (Wildman–Crippen MR) is 144 cm³/mol. The average molecular weight is 512 g/mol. The Morgan fingerprint density at radius 1 is 1.22 bits per heavy atom. The minimum Gasteiger partial charge on any atom is -0.480 e. The third kappa shape index (κ3) is 8.50. The first-order valence-electron chi connectivity index (χ1n) is 13.2. The summed E-state index contributed by atoms with van der Waals surface area (Å²) in [5.74, 6) is -0.337. The smallest absolute Gasteiger partial charge is 0.326 e. The first-order valence-corrected chi connectivity index (χ1v) is 13.2. The number of aromatic nitrogens is 2. The number of nitrogens with zero attached hydrogens (tertiary/aromatic N) is 3. The summed E-state index contributed by atoms with van der Waals surface area (Å²) in [5, 5.41) is 15.9. The lowest BCUT2D eigenvalue weighted by atomic mass is 9.84. The molecule has 3 heterocycles. The topological polar surface area (TPSA) is 117 Å². The van der Waals surface area contributed by atoms with Gasteiger partial charge in [0, 0.05) is 44.8 Å². The van der Waals surface area contributed by atoms with Crippen molar-refractivity contribution in [3.05, 3.63) is 53.5 Å². The lowest BCUT2D eigenvalue weighted by Crippen LogP contribution is -2.49. The minimum absolute atomic E-state index is 0.311. The standard InChI is InChI=1S/C28H41N5O4/c1-28(2,22-9-7-14-29-20-22)27(36)32-24(26(34)35)13-17-33(18-19-37-3)16-5-4-10-23-12-11-21-8-6-15-30-25(21)31-23/h7,9,11-12,14,20,24H,4-6,8,10,13,15-19H2,1-3H3,(H,30,31)(H,32,36)(H,34,35). The molecule has 3 N–H and O–H groups in total. The third-order valence-electron chi connectivity index (χ3n) is 7.01. The van der Waals surface area contributed by atoms with Gasteiger partial charge in [-0.2, -0.15) is 0 Å². The van der Waals surface area contributed by atoms with Crippen LogP contribution in [-0.2, 0) is 32.6 Å². The van der Waals surface area contributed by atoms with Crippen molar-refractivity contribution in [1.82, 2.24) is 20.2 Å². The lowest BCUT2D eigenvalue weighted by molar-refractivity contribution is -0.142. The number of hydrogen-bond donors (Lipinski definition) is 3. The van der Waals surface area contributed by atoms with E-state index in [1.165, 1.54) is 5.56 Å². The van der Waals surface area contributed by atoms with E-state index >= 15 is 0 Å². The highest BCUT2D eigenvalue weighted by atomic mass is 16.5. The summed E-state index contributed by atoms with van der Waals surface area (Å²) >= 11 is 0. The van der Waals surface area contributed by atoms with Crippen LogP contribution >= 0.6 is 0 Å². The number of carbonyl (C=O) groups excluding carboxylic acids is 1.